The average molecular weight is 258 g/mol. The third-order valence-corrected chi connectivity index (χ3v) is 2.91. The van der Waals surface area contributed by atoms with Gasteiger partial charge < -0.3 is 4.74 Å². The van der Waals surface area contributed by atoms with Crippen LogP contribution in [0.4, 0.5) is 4.39 Å². The van der Waals surface area contributed by atoms with Crippen LogP contribution in [0.15, 0.2) is 36.4 Å². The largest absolute Gasteiger partial charge is 0.496 e. The first-order valence-electron chi connectivity index (χ1n) is 5.98. The summed E-state index contributed by atoms with van der Waals surface area (Å²) in [4.78, 5) is 12.4. The minimum atomic E-state index is -0.408. The van der Waals surface area contributed by atoms with Crippen molar-refractivity contribution in [1.82, 2.24) is 0 Å². The number of benzene rings is 2. The van der Waals surface area contributed by atoms with Crippen molar-refractivity contribution >= 4 is 5.78 Å². The Hall–Kier alpha value is -2.16. The molecule has 0 N–H and O–H groups in total. The molecule has 0 radical (unpaired) electrons. The number of ketones is 1. The van der Waals surface area contributed by atoms with Gasteiger partial charge in [0.1, 0.15) is 11.6 Å². The Bertz CT molecular complexity index is 612. The van der Waals surface area contributed by atoms with Gasteiger partial charge >= 0.3 is 0 Å². The molecule has 0 aliphatic carbocycles. The van der Waals surface area contributed by atoms with Gasteiger partial charge in [-0.1, -0.05) is 6.07 Å². The van der Waals surface area contributed by atoms with E-state index in [0.29, 0.717) is 16.9 Å². The topological polar surface area (TPSA) is 26.3 Å². The van der Waals surface area contributed by atoms with Crippen molar-refractivity contribution in [2.75, 3.05) is 7.11 Å². The van der Waals surface area contributed by atoms with Crippen LogP contribution in [0, 0.1) is 19.7 Å². The number of hydrogen-bond donors (Lipinski definition) is 0. The maximum Gasteiger partial charge on any atom is 0.196 e. The third kappa shape index (κ3) is 2.81. The molecule has 2 aromatic rings. The maximum atomic E-state index is 13.4. The summed E-state index contributed by atoms with van der Waals surface area (Å²) in [5.74, 6) is -0.138. The molecule has 2 nitrogen and oxygen atoms in total. The van der Waals surface area contributed by atoms with Crippen LogP contribution in [0.2, 0.25) is 0 Å². The quantitative estimate of drug-likeness (QED) is 0.785. The summed E-state index contributed by atoms with van der Waals surface area (Å²) in [6.07, 6.45) is 0. The summed E-state index contributed by atoms with van der Waals surface area (Å²) in [5, 5.41) is 0. The SMILES string of the molecule is COc1cc(C)ccc1C(=O)c1cc(C)cc(F)c1. The first kappa shape index (κ1) is 13.3. The third-order valence-electron chi connectivity index (χ3n) is 2.91. The van der Waals surface area contributed by atoms with E-state index in [1.54, 1.807) is 25.1 Å². The zero-order valence-electron chi connectivity index (χ0n) is 11.2. The first-order valence-corrected chi connectivity index (χ1v) is 5.98. The molecule has 0 amide bonds. The molecule has 0 spiro atoms. The lowest BCUT2D eigenvalue weighted by Gasteiger charge is -2.09. The Labute approximate surface area is 111 Å². The van der Waals surface area contributed by atoms with Gasteiger partial charge in [-0.05, 0) is 55.3 Å². The van der Waals surface area contributed by atoms with E-state index in [4.69, 9.17) is 4.74 Å². The van der Waals surface area contributed by atoms with Gasteiger partial charge in [0.25, 0.3) is 0 Å². The number of rotatable bonds is 3. The van der Waals surface area contributed by atoms with Gasteiger partial charge in [0.15, 0.2) is 5.78 Å². The second-order valence-corrected chi connectivity index (χ2v) is 4.55. The first-order chi connectivity index (χ1) is 9.01. The molecule has 0 saturated carbocycles. The Morgan fingerprint density at radius 3 is 2.42 bits per heavy atom. The van der Waals surface area contributed by atoms with Gasteiger partial charge in [-0.15, -0.1) is 0 Å². The van der Waals surface area contributed by atoms with E-state index in [0.717, 1.165) is 11.1 Å². The minimum absolute atomic E-state index is 0.237. The number of carbonyl (C=O) groups is 1. The molecule has 0 aromatic heterocycles. The molecule has 0 bridgehead atoms. The number of methoxy groups -OCH3 is 1. The van der Waals surface area contributed by atoms with Gasteiger partial charge in [0, 0.05) is 5.56 Å². The average Bonchev–Trinajstić information content (AvgIpc) is 2.36. The van der Waals surface area contributed by atoms with E-state index in [1.165, 1.54) is 19.2 Å². The second kappa shape index (κ2) is 5.22. The fraction of sp³-hybridized carbons (Fsp3) is 0.188. The monoisotopic (exact) mass is 258 g/mol. The zero-order valence-corrected chi connectivity index (χ0v) is 11.2. The summed E-state index contributed by atoms with van der Waals surface area (Å²) in [5.41, 5.74) is 2.50. The minimum Gasteiger partial charge on any atom is -0.496 e. The molecular weight excluding hydrogens is 243 g/mol. The van der Waals surface area contributed by atoms with E-state index in [-0.39, 0.29) is 5.78 Å². The highest BCUT2D eigenvalue weighted by Gasteiger charge is 2.15. The van der Waals surface area contributed by atoms with Crippen LogP contribution in [-0.4, -0.2) is 12.9 Å². The summed E-state index contributed by atoms with van der Waals surface area (Å²) >= 11 is 0. The Morgan fingerprint density at radius 2 is 1.79 bits per heavy atom. The molecular formula is C16H15FO2. The van der Waals surface area contributed by atoms with Crippen molar-refractivity contribution in [3.05, 3.63) is 64.5 Å². The van der Waals surface area contributed by atoms with Gasteiger partial charge in [-0.25, -0.2) is 4.39 Å². The second-order valence-electron chi connectivity index (χ2n) is 4.55. The van der Waals surface area contributed by atoms with Gasteiger partial charge in [-0.2, -0.15) is 0 Å². The lowest BCUT2D eigenvalue weighted by atomic mass is 9.99. The predicted molar refractivity (Wildman–Crippen MR) is 72.3 cm³/mol. The zero-order chi connectivity index (χ0) is 14.0. The van der Waals surface area contributed by atoms with Crippen molar-refractivity contribution in [3.8, 4) is 5.75 Å². The van der Waals surface area contributed by atoms with Crippen LogP contribution >= 0.6 is 0 Å². The fourth-order valence-electron chi connectivity index (χ4n) is 2.01. The highest BCUT2D eigenvalue weighted by Crippen LogP contribution is 2.23. The number of carbonyl (C=O) groups excluding carboxylic acids is 1. The summed E-state index contributed by atoms with van der Waals surface area (Å²) in [6, 6.07) is 9.64. The van der Waals surface area contributed by atoms with Gasteiger partial charge in [-0.3, -0.25) is 4.79 Å². The molecule has 0 atom stereocenters. The number of halogens is 1. The fourth-order valence-corrected chi connectivity index (χ4v) is 2.01. The highest BCUT2D eigenvalue weighted by atomic mass is 19.1. The molecule has 0 aliphatic heterocycles. The van der Waals surface area contributed by atoms with E-state index in [1.807, 2.05) is 13.0 Å². The standard InChI is InChI=1S/C16H15FO2/c1-10-4-5-14(15(8-10)19-3)16(18)12-6-11(2)7-13(17)9-12/h4-9H,1-3H3. The van der Waals surface area contributed by atoms with Crippen LogP contribution in [0.1, 0.15) is 27.0 Å². The van der Waals surface area contributed by atoms with E-state index in [2.05, 4.69) is 0 Å². The van der Waals surface area contributed by atoms with E-state index in [9.17, 15) is 9.18 Å². The Morgan fingerprint density at radius 1 is 1.05 bits per heavy atom. The van der Waals surface area contributed by atoms with Crippen molar-refractivity contribution < 1.29 is 13.9 Å². The Kier molecular flexibility index (Phi) is 3.65. The van der Waals surface area contributed by atoms with Crippen LogP contribution in [0.5, 0.6) is 5.75 Å². The normalized spacial score (nSPS) is 10.3. The van der Waals surface area contributed by atoms with Crippen molar-refractivity contribution in [2.45, 2.75) is 13.8 Å². The number of aryl methyl sites for hydroxylation is 2. The van der Waals surface area contributed by atoms with Crippen LogP contribution in [0.25, 0.3) is 0 Å². The molecule has 3 heteroatoms. The maximum absolute atomic E-state index is 13.4. The van der Waals surface area contributed by atoms with E-state index < -0.39 is 5.82 Å². The van der Waals surface area contributed by atoms with Crippen molar-refractivity contribution in [3.63, 3.8) is 0 Å². The molecule has 0 heterocycles. The van der Waals surface area contributed by atoms with Crippen LogP contribution in [-0.2, 0) is 0 Å². The van der Waals surface area contributed by atoms with Crippen molar-refractivity contribution in [1.29, 1.82) is 0 Å². The molecule has 19 heavy (non-hydrogen) atoms. The number of hydrogen-bond acceptors (Lipinski definition) is 2. The molecule has 0 unspecified atom stereocenters. The van der Waals surface area contributed by atoms with Crippen molar-refractivity contribution in [2.24, 2.45) is 0 Å². The molecule has 2 rings (SSSR count). The molecule has 2 aromatic carbocycles. The van der Waals surface area contributed by atoms with Gasteiger partial charge in [0.05, 0.1) is 12.7 Å². The molecule has 0 saturated heterocycles. The summed E-state index contributed by atoms with van der Waals surface area (Å²) in [7, 11) is 1.52. The molecule has 98 valence electrons. The summed E-state index contributed by atoms with van der Waals surface area (Å²) < 4.78 is 18.6. The highest BCUT2D eigenvalue weighted by molar-refractivity contribution is 6.10. The lowest BCUT2D eigenvalue weighted by molar-refractivity contribution is 0.103. The Balaban J connectivity index is 2.49. The smallest absolute Gasteiger partial charge is 0.196 e. The van der Waals surface area contributed by atoms with E-state index >= 15 is 0 Å². The lowest BCUT2D eigenvalue weighted by Crippen LogP contribution is -2.05. The molecule has 0 fully saturated rings. The number of ether oxygens (including phenoxy) is 1. The molecule has 0 aliphatic rings. The van der Waals surface area contributed by atoms with Crippen LogP contribution < -0.4 is 4.74 Å². The van der Waals surface area contributed by atoms with Gasteiger partial charge in [0.2, 0.25) is 0 Å². The summed E-state index contributed by atoms with van der Waals surface area (Å²) in [6.45, 7) is 3.68. The van der Waals surface area contributed by atoms with Crippen LogP contribution in [0.3, 0.4) is 0 Å². The predicted octanol–water partition coefficient (Wildman–Crippen LogP) is 3.68.